The minimum atomic E-state index is -0.499. The Bertz CT molecular complexity index is 1370. The number of aromatic nitrogens is 4. The Morgan fingerprint density at radius 1 is 1.26 bits per heavy atom. The van der Waals surface area contributed by atoms with E-state index in [-0.39, 0.29) is 17.8 Å². The zero-order valence-electron chi connectivity index (χ0n) is 16.8. The van der Waals surface area contributed by atoms with Gasteiger partial charge in [-0.3, -0.25) is 19.6 Å². The van der Waals surface area contributed by atoms with Gasteiger partial charge in [-0.05, 0) is 42.8 Å². The average Bonchev–Trinajstić information content (AvgIpc) is 3.23. The molecule has 4 rings (SSSR count). The maximum absolute atomic E-state index is 12.8. The fraction of sp³-hybridized carbons (Fsp3) is 0.143. The molecule has 10 heteroatoms. The van der Waals surface area contributed by atoms with Gasteiger partial charge < -0.3 is 4.74 Å². The fourth-order valence-electron chi connectivity index (χ4n) is 3.21. The van der Waals surface area contributed by atoms with Gasteiger partial charge in [0.1, 0.15) is 24.0 Å². The van der Waals surface area contributed by atoms with Crippen LogP contribution in [0.2, 0.25) is 0 Å². The van der Waals surface area contributed by atoms with Crippen molar-refractivity contribution >= 4 is 22.8 Å². The lowest BCUT2D eigenvalue weighted by atomic mass is 10.1. The second kappa shape index (κ2) is 8.19. The van der Waals surface area contributed by atoms with Crippen molar-refractivity contribution in [3.63, 3.8) is 0 Å². The molecular formula is C21H18N6O4. The van der Waals surface area contributed by atoms with Gasteiger partial charge in [0.05, 0.1) is 35.7 Å². The predicted molar refractivity (Wildman–Crippen MR) is 115 cm³/mol. The van der Waals surface area contributed by atoms with E-state index in [1.165, 1.54) is 21.8 Å². The van der Waals surface area contributed by atoms with Gasteiger partial charge in [0.2, 0.25) is 0 Å². The van der Waals surface area contributed by atoms with Gasteiger partial charge >= 0.3 is 5.69 Å². The van der Waals surface area contributed by atoms with E-state index in [9.17, 15) is 14.9 Å². The van der Waals surface area contributed by atoms with Crippen LogP contribution >= 0.6 is 0 Å². The summed E-state index contributed by atoms with van der Waals surface area (Å²) < 4.78 is 8.10. The van der Waals surface area contributed by atoms with Crippen molar-refractivity contribution in [3.05, 3.63) is 92.3 Å². The van der Waals surface area contributed by atoms with Gasteiger partial charge in [0.15, 0.2) is 0 Å². The molecule has 0 saturated heterocycles. The van der Waals surface area contributed by atoms with Crippen molar-refractivity contribution in [2.75, 3.05) is 7.11 Å². The van der Waals surface area contributed by atoms with Crippen LogP contribution in [0, 0.1) is 17.0 Å². The maximum Gasteiger partial charge on any atom is 0.307 e. The largest absolute Gasteiger partial charge is 0.496 e. The van der Waals surface area contributed by atoms with Crippen LogP contribution in [0.4, 0.5) is 5.69 Å². The van der Waals surface area contributed by atoms with E-state index in [0.717, 1.165) is 11.1 Å². The highest BCUT2D eigenvalue weighted by Gasteiger charge is 2.12. The Morgan fingerprint density at radius 3 is 2.81 bits per heavy atom. The third kappa shape index (κ3) is 4.04. The average molecular weight is 418 g/mol. The van der Waals surface area contributed by atoms with E-state index in [4.69, 9.17) is 4.74 Å². The van der Waals surface area contributed by atoms with Crippen LogP contribution in [0.25, 0.3) is 10.9 Å². The first-order valence-corrected chi connectivity index (χ1v) is 9.33. The Kier molecular flexibility index (Phi) is 5.27. The van der Waals surface area contributed by atoms with Crippen molar-refractivity contribution < 1.29 is 9.66 Å². The topological polar surface area (TPSA) is 117 Å². The molecule has 31 heavy (non-hydrogen) atoms. The van der Waals surface area contributed by atoms with Gasteiger partial charge in [0, 0.05) is 5.56 Å². The monoisotopic (exact) mass is 418 g/mol. The number of fused-ring (bicyclic) bond motifs is 1. The molecular weight excluding hydrogens is 400 g/mol. The first kappa shape index (κ1) is 20.0. The van der Waals surface area contributed by atoms with Crippen molar-refractivity contribution in [1.82, 2.24) is 19.4 Å². The molecule has 0 unspecified atom stereocenters. The summed E-state index contributed by atoms with van der Waals surface area (Å²) in [5.41, 5.74) is 1.76. The van der Waals surface area contributed by atoms with E-state index in [1.54, 1.807) is 50.6 Å². The van der Waals surface area contributed by atoms with Crippen LogP contribution in [0.3, 0.4) is 0 Å². The second-order valence-corrected chi connectivity index (χ2v) is 6.76. The molecule has 0 fully saturated rings. The Morgan fingerprint density at radius 2 is 2.06 bits per heavy atom. The molecule has 4 aromatic rings. The van der Waals surface area contributed by atoms with Gasteiger partial charge in [-0.25, -0.2) is 4.98 Å². The molecule has 156 valence electrons. The summed E-state index contributed by atoms with van der Waals surface area (Å²) in [5.74, 6) is 1.08. The Balaban J connectivity index is 1.67. The quantitative estimate of drug-likeness (QED) is 0.270. The van der Waals surface area contributed by atoms with Crippen LogP contribution in [-0.2, 0) is 6.54 Å². The number of benzene rings is 2. The van der Waals surface area contributed by atoms with Gasteiger partial charge in [-0.15, -0.1) is 0 Å². The van der Waals surface area contributed by atoms with Crippen molar-refractivity contribution in [3.8, 4) is 5.75 Å². The number of nitro groups is 1. The number of hydrogen-bond donors (Lipinski definition) is 0. The highest BCUT2D eigenvalue weighted by molar-refractivity contribution is 5.81. The number of nitrogens with zero attached hydrogens (tertiary/aromatic N) is 6. The molecule has 0 bridgehead atoms. The van der Waals surface area contributed by atoms with Crippen LogP contribution in [-0.4, -0.2) is 37.7 Å². The van der Waals surface area contributed by atoms with E-state index in [1.807, 2.05) is 12.1 Å². The highest BCUT2D eigenvalue weighted by atomic mass is 16.6. The van der Waals surface area contributed by atoms with Crippen LogP contribution in [0.15, 0.2) is 64.8 Å². The third-order valence-corrected chi connectivity index (χ3v) is 4.71. The number of hydrogen-bond acceptors (Lipinski definition) is 7. The van der Waals surface area contributed by atoms with Crippen molar-refractivity contribution in [1.29, 1.82) is 0 Å². The van der Waals surface area contributed by atoms with E-state index >= 15 is 0 Å². The summed E-state index contributed by atoms with van der Waals surface area (Å²) in [7, 11) is 1.54. The lowest BCUT2D eigenvalue weighted by molar-refractivity contribution is -0.385. The molecule has 2 aromatic heterocycles. The highest BCUT2D eigenvalue weighted by Crippen LogP contribution is 2.21. The van der Waals surface area contributed by atoms with Gasteiger partial charge in [-0.1, -0.05) is 12.1 Å². The molecule has 0 aliphatic carbocycles. The summed E-state index contributed by atoms with van der Waals surface area (Å²) in [6.07, 6.45) is 4.10. The summed E-state index contributed by atoms with van der Waals surface area (Å²) in [6.45, 7) is 1.99. The minimum Gasteiger partial charge on any atom is -0.496 e. The second-order valence-electron chi connectivity index (χ2n) is 6.76. The molecule has 0 saturated carbocycles. The van der Waals surface area contributed by atoms with Crippen molar-refractivity contribution in [2.24, 2.45) is 5.10 Å². The molecule has 0 atom stereocenters. The molecule has 0 radical (unpaired) electrons. The van der Waals surface area contributed by atoms with Crippen LogP contribution in [0.1, 0.15) is 17.0 Å². The van der Waals surface area contributed by atoms with Crippen LogP contribution in [0.5, 0.6) is 5.75 Å². The van der Waals surface area contributed by atoms with Gasteiger partial charge in [-0.2, -0.15) is 14.9 Å². The van der Waals surface area contributed by atoms with E-state index < -0.39 is 4.92 Å². The number of rotatable bonds is 6. The Hall–Kier alpha value is -4.34. The lowest BCUT2D eigenvalue weighted by Crippen LogP contribution is -2.20. The maximum atomic E-state index is 12.8. The first-order valence-electron chi connectivity index (χ1n) is 9.33. The summed E-state index contributed by atoms with van der Waals surface area (Å²) in [4.78, 5) is 27.6. The molecule has 2 heterocycles. The number of methoxy groups -OCH3 is 1. The minimum absolute atomic E-state index is 0.0876. The Labute approximate surface area is 176 Å². The summed E-state index contributed by atoms with van der Waals surface area (Å²) in [5, 5.41) is 19.7. The molecule has 0 amide bonds. The molecule has 0 N–H and O–H groups in total. The molecule has 10 nitrogen and oxygen atoms in total. The standard InChI is InChI=1S/C21H18N6O4/c1-14-24-19-6-4-3-5-18(19)21(28)26(14)23-10-15-7-8-20(31-2)16(9-15)12-25-13-17(11-22-25)27(29)30/h3-11,13H,12H2,1-2H3/b23-10-. The number of para-hydroxylation sites is 1. The van der Waals surface area contributed by atoms with E-state index in [2.05, 4.69) is 15.2 Å². The molecule has 0 aliphatic rings. The third-order valence-electron chi connectivity index (χ3n) is 4.71. The molecule has 2 aromatic carbocycles. The smallest absolute Gasteiger partial charge is 0.307 e. The molecule has 0 aliphatic heterocycles. The normalized spacial score (nSPS) is 11.3. The lowest BCUT2D eigenvalue weighted by Gasteiger charge is -2.10. The zero-order valence-corrected chi connectivity index (χ0v) is 16.8. The fourth-order valence-corrected chi connectivity index (χ4v) is 3.21. The van der Waals surface area contributed by atoms with E-state index in [0.29, 0.717) is 22.5 Å². The summed E-state index contributed by atoms with van der Waals surface area (Å²) in [6, 6.07) is 12.5. The molecule has 0 spiro atoms. The first-order chi connectivity index (χ1) is 15.0. The summed E-state index contributed by atoms with van der Waals surface area (Å²) >= 11 is 0. The zero-order chi connectivity index (χ0) is 22.0. The predicted octanol–water partition coefficient (Wildman–Crippen LogP) is 2.75. The van der Waals surface area contributed by atoms with Crippen molar-refractivity contribution in [2.45, 2.75) is 13.5 Å². The number of aryl methyl sites for hydroxylation is 1. The van der Waals surface area contributed by atoms with Gasteiger partial charge in [0.25, 0.3) is 5.56 Å². The SMILES string of the molecule is COc1ccc(/C=N\n2c(C)nc3ccccc3c2=O)cc1Cn1cc([N+](=O)[O-])cn1. The van der Waals surface area contributed by atoms with Crippen LogP contribution < -0.4 is 10.3 Å². The number of ether oxygens (including phenoxy) is 1.